The Kier molecular flexibility index (Phi) is 6.58. The maximum absolute atomic E-state index is 12.6. The molecule has 0 bridgehead atoms. The lowest BCUT2D eigenvalue weighted by atomic mass is 10.1. The third-order valence-corrected chi connectivity index (χ3v) is 5.08. The highest BCUT2D eigenvalue weighted by Crippen LogP contribution is 2.16. The van der Waals surface area contributed by atoms with Gasteiger partial charge in [0.05, 0.1) is 12.1 Å². The van der Waals surface area contributed by atoms with Gasteiger partial charge in [-0.25, -0.2) is 0 Å². The van der Waals surface area contributed by atoms with E-state index in [1.165, 1.54) is 0 Å². The molecule has 0 spiro atoms. The van der Waals surface area contributed by atoms with E-state index in [0.717, 1.165) is 22.1 Å². The van der Waals surface area contributed by atoms with E-state index in [-0.39, 0.29) is 11.8 Å². The molecule has 27 heavy (non-hydrogen) atoms. The van der Waals surface area contributed by atoms with Crippen molar-refractivity contribution < 1.29 is 9.59 Å². The number of hydrogen-bond donors (Lipinski definition) is 1. The summed E-state index contributed by atoms with van der Waals surface area (Å²) in [6.45, 7) is 4.96. The number of piperazine rings is 1. The summed E-state index contributed by atoms with van der Waals surface area (Å²) < 4.78 is 0.788. The summed E-state index contributed by atoms with van der Waals surface area (Å²) >= 11 is 3.34. The molecule has 142 valence electrons. The Morgan fingerprint density at radius 3 is 2.59 bits per heavy atom. The van der Waals surface area contributed by atoms with Gasteiger partial charge in [-0.2, -0.15) is 0 Å². The van der Waals surface area contributed by atoms with Crippen molar-refractivity contribution in [3.63, 3.8) is 0 Å². The molecule has 2 amide bonds. The summed E-state index contributed by atoms with van der Waals surface area (Å²) in [5.74, 6) is -0.0448. The third kappa shape index (κ3) is 5.14. The molecule has 1 aliphatic heterocycles. The number of pyridine rings is 1. The fourth-order valence-electron chi connectivity index (χ4n) is 3.16. The molecule has 7 heteroatoms. The number of anilines is 1. The van der Waals surface area contributed by atoms with E-state index in [1.807, 2.05) is 29.2 Å². The summed E-state index contributed by atoms with van der Waals surface area (Å²) in [7, 11) is 0. The molecule has 1 aliphatic rings. The van der Waals surface area contributed by atoms with E-state index in [4.69, 9.17) is 0 Å². The molecule has 6 nitrogen and oxygen atoms in total. The number of para-hydroxylation sites is 1. The summed E-state index contributed by atoms with van der Waals surface area (Å²) in [6.07, 6.45) is 4.11. The van der Waals surface area contributed by atoms with E-state index in [9.17, 15) is 9.59 Å². The predicted molar refractivity (Wildman–Crippen MR) is 109 cm³/mol. The molecular formula is C20H23BrN4O2. The van der Waals surface area contributed by atoms with Gasteiger partial charge in [0.25, 0.3) is 5.91 Å². The standard InChI is InChI=1S/C20H23BrN4O2/c1-2-15-5-3-4-6-18(15)23-19(26)14-24-7-9-25(10-8-24)20(27)16-11-17(21)13-22-12-16/h3-6,11-13H,2,7-10,14H2,1H3,(H,23,26). The highest BCUT2D eigenvalue weighted by Gasteiger charge is 2.23. The number of nitrogens with zero attached hydrogens (tertiary/aromatic N) is 3. The Labute approximate surface area is 167 Å². The van der Waals surface area contributed by atoms with Gasteiger partial charge in [0, 0.05) is 48.7 Å². The van der Waals surface area contributed by atoms with Crippen LogP contribution in [0.15, 0.2) is 47.2 Å². The summed E-state index contributed by atoms with van der Waals surface area (Å²) in [5.41, 5.74) is 2.58. The van der Waals surface area contributed by atoms with Crippen LogP contribution in [0.1, 0.15) is 22.8 Å². The van der Waals surface area contributed by atoms with Crippen LogP contribution in [0.4, 0.5) is 5.69 Å². The van der Waals surface area contributed by atoms with Crippen molar-refractivity contribution in [2.75, 3.05) is 38.0 Å². The van der Waals surface area contributed by atoms with Gasteiger partial charge in [-0.3, -0.25) is 19.5 Å². The van der Waals surface area contributed by atoms with Gasteiger partial charge in [0.1, 0.15) is 0 Å². The lowest BCUT2D eigenvalue weighted by Gasteiger charge is -2.34. The van der Waals surface area contributed by atoms with Crippen molar-refractivity contribution in [3.8, 4) is 0 Å². The van der Waals surface area contributed by atoms with Crippen molar-refractivity contribution in [2.45, 2.75) is 13.3 Å². The summed E-state index contributed by atoms with van der Waals surface area (Å²) in [4.78, 5) is 32.9. The van der Waals surface area contributed by atoms with E-state index < -0.39 is 0 Å². The monoisotopic (exact) mass is 430 g/mol. The van der Waals surface area contributed by atoms with Crippen molar-refractivity contribution in [1.29, 1.82) is 0 Å². The highest BCUT2D eigenvalue weighted by atomic mass is 79.9. The molecule has 1 fully saturated rings. The lowest BCUT2D eigenvalue weighted by Crippen LogP contribution is -2.50. The largest absolute Gasteiger partial charge is 0.336 e. The van der Waals surface area contributed by atoms with Crippen molar-refractivity contribution >= 4 is 33.4 Å². The number of amides is 2. The van der Waals surface area contributed by atoms with Gasteiger partial charge in [-0.1, -0.05) is 25.1 Å². The molecular weight excluding hydrogens is 408 g/mol. The van der Waals surface area contributed by atoms with Gasteiger partial charge in [-0.05, 0) is 40.0 Å². The number of aryl methyl sites for hydroxylation is 1. The van der Waals surface area contributed by atoms with Crippen LogP contribution in [-0.2, 0) is 11.2 Å². The zero-order valence-electron chi connectivity index (χ0n) is 15.3. The normalized spacial score (nSPS) is 14.8. The second kappa shape index (κ2) is 9.10. The Bertz CT molecular complexity index is 819. The number of hydrogen-bond acceptors (Lipinski definition) is 4. The van der Waals surface area contributed by atoms with Crippen LogP contribution in [0.5, 0.6) is 0 Å². The molecule has 0 radical (unpaired) electrons. The fourth-order valence-corrected chi connectivity index (χ4v) is 3.53. The number of nitrogens with one attached hydrogen (secondary N) is 1. The predicted octanol–water partition coefficient (Wildman–Crippen LogP) is 2.80. The second-order valence-electron chi connectivity index (χ2n) is 6.52. The zero-order valence-corrected chi connectivity index (χ0v) is 16.9. The molecule has 1 N–H and O–H groups in total. The van der Waals surface area contributed by atoms with E-state index >= 15 is 0 Å². The Morgan fingerprint density at radius 2 is 1.89 bits per heavy atom. The van der Waals surface area contributed by atoms with Crippen LogP contribution in [0.3, 0.4) is 0 Å². The maximum Gasteiger partial charge on any atom is 0.255 e. The first kappa shape index (κ1) is 19.5. The molecule has 1 saturated heterocycles. The second-order valence-corrected chi connectivity index (χ2v) is 7.43. The molecule has 1 aromatic heterocycles. The molecule has 0 saturated carbocycles. The number of carbonyl (C=O) groups excluding carboxylic acids is 2. The molecule has 3 rings (SSSR count). The van der Waals surface area contributed by atoms with Crippen LogP contribution < -0.4 is 5.32 Å². The summed E-state index contributed by atoms with van der Waals surface area (Å²) in [6, 6.07) is 9.64. The molecule has 0 atom stereocenters. The molecule has 0 aliphatic carbocycles. The molecule has 2 heterocycles. The van der Waals surface area contributed by atoms with E-state index in [1.54, 1.807) is 18.5 Å². The maximum atomic E-state index is 12.6. The van der Waals surface area contributed by atoms with Gasteiger partial charge < -0.3 is 10.2 Å². The minimum Gasteiger partial charge on any atom is -0.336 e. The number of aromatic nitrogens is 1. The number of halogens is 1. The first-order chi connectivity index (χ1) is 13.1. The first-order valence-corrected chi connectivity index (χ1v) is 9.86. The average Bonchev–Trinajstić information content (AvgIpc) is 2.68. The number of benzene rings is 1. The highest BCUT2D eigenvalue weighted by molar-refractivity contribution is 9.10. The quantitative estimate of drug-likeness (QED) is 0.791. The third-order valence-electron chi connectivity index (χ3n) is 4.65. The van der Waals surface area contributed by atoms with Gasteiger partial charge >= 0.3 is 0 Å². The van der Waals surface area contributed by atoms with Crippen molar-refractivity contribution in [1.82, 2.24) is 14.8 Å². The van der Waals surface area contributed by atoms with Gasteiger partial charge in [0.15, 0.2) is 0 Å². The van der Waals surface area contributed by atoms with Crippen LogP contribution in [0.2, 0.25) is 0 Å². The number of carbonyl (C=O) groups is 2. The minimum absolute atomic E-state index is 0.0214. The Balaban J connectivity index is 1.50. The zero-order chi connectivity index (χ0) is 19.2. The van der Waals surface area contributed by atoms with Crippen LogP contribution in [0, 0.1) is 0 Å². The van der Waals surface area contributed by atoms with Gasteiger partial charge in [0.2, 0.25) is 5.91 Å². The van der Waals surface area contributed by atoms with Crippen LogP contribution >= 0.6 is 15.9 Å². The molecule has 2 aromatic rings. The SMILES string of the molecule is CCc1ccccc1NC(=O)CN1CCN(C(=O)c2cncc(Br)c2)CC1. The van der Waals surface area contributed by atoms with E-state index in [2.05, 4.69) is 38.1 Å². The smallest absolute Gasteiger partial charge is 0.255 e. The lowest BCUT2D eigenvalue weighted by molar-refractivity contribution is -0.117. The van der Waals surface area contributed by atoms with Crippen molar-refractivity contribution in [2.24, 2.45) is 0 Å². The van der Waals surface area contributed by atoms with Gasteiger partial charge in [-0.15, -0.1) is 0 Å². The average molecular weight is 431 g/mol. The van der Waals surface area contributed by atoms with Crippen LogP contribution in [-0.4, -0.2) is 59.3 Å². The molecule has 0 unspecified atom stereocenters. The van der Waals surface area contributed by atoms with Crippen molar-refractivity contribution in [3.05, 3.63) is 58.3 Å². The topological polar surface area (TPSA) is 65.5 Å². The summed E-state index contributed by atoms with van der Waals surface area (Å²) in [5, 5.41) is 3.00. The fraction of sp³-hybridized carbons (Fsp3) is 0.350. The Morgan fingerprint density at radius 1 is 1.15 bits per heavy atom. The number of rotatable bonds is 5. The first-order valence-electron chi connectivity index (χ1n) is 9.06. The van der Waals surface area contributed by atoms with Crippen LogP contribution in [0.25, 0.3) is 0 Å². The minimum atomic E-state index is -0.0234. The van der Waals surface area contributed by atoms with E-state index in [0.29, 0.717) is 38.3 Å². The Hall–Kier alpha value is -2.25. The molecule has 1 aromatic carbocycles.